The molecule has 1 aliphatic heterocycles. The molecule has 1 aromatic rings. The molecule has 0 saturated carbocycles. The fraction of sp³-hybridized carbons (Fsp3) is 0.467. The van der Waals surface area contributed by atoms with Gasteiger partial charge in [0.15, 0.2) is 6.61 Å². The molecule has 1 aromatic carbocycles. The van der Waals surface area contributed by atoms with Gasteiger partial charge in [-0.05, 0) is 18.6 Å². The molecule has 1 amide bonds. The second-order valence-electron chi connectivity index (χ2n) is 4.83. The Morgan fingerprint density at radius 1 is 1.38 bits per heavy atom. The zero-order valence-corrected chi connectivity index (χ0v) is 12.7. The van der Waals surface area contributed by atoms with Crippen molar-refractivity contribution in [2.75, 3.05) is 12.4 Å². The van der Waals surface area contributed by atoms with Crippen LogP contribution in [-0.4, -0.2) is 45.7 Å². The first-order valence-electron chi connectivity index (χ1n) is 6.97. The van der Waals surface area contributed by atoms with Crippen LogP contribution in [0, 0.1) is 0 Å². The second kappa shape index (κ2) is 7.36. The lowest BCUT2D eigenvalue weighted by molar-refractivity contribution is -0.150. The minimum Gasteiger partial charge on any atom is -0.484 e. The Hall–Kier alpha value is -1.69. The van der Waals surface area contributed by atoms with Crippen molar-refractivity contribution in [1.29, 1.82) is 0 Å². The smallest absolute Gasteiger partial charge is 0.327 e. The van der Waals surface area contributed by atoms with E-state index in [1.807, 2.05) is 25.1 Å². The highest BCUT2D eigenvalue weighted by molar-refractivity contribution is 8.00. The quantitative estimate of drug-likeness (QED) is 0.873. The molecule has 0 aromatic heterocycles. The summed E-state index contributed by atoms with van der Waals surface area (Å²) in [5.74, 6) is -0.169. The summed E-state index contributed by atoms with van der Waals surface area (Å²) in [6, 6.07) is 8.30. The predicted molar refractivity (Wildman–Crippen MR) is 81.4 cm³/mol. The van der Waals surface area contributed by atoms with E-state index in [0.717, 1.165) is 12.8 Å². The number of carbonyl (C=O) groups excluding carboxylic acids is 1. The van der Waals surface area contributed by atoms with E-state index in [1.165, 1.54) is 16.7 Å². The minimum atomic E-state index is -0.950. The number of para-hydroxylation sites is 1. The molecule has 1 saturated heterocycles. The molecule has 0 radical (unpaired) electrons. The zero-order valence-electron chi connectivity index (χ0n) is 11.9. The third kappa shape index (κ3) is 3.91. The van der Waals surface area contributed by atoms with Crippen LogP contribution in [-0.2, 0) is 9.59 Å². The molecule has 0 aliphatic carbocycles. The number of aliphatic carboxylic acids is 1. The third-order valence-electron chi connectivity index (χ3n) is 3.31. The molecule has 1 heterocycles. The van der Waals surface area contributed by atoms with E-state index in [4.69, 9.17) is 4.74 Å². The second-order valence-corrected chi connectivity index (χ2v) is 6.04. The van der Waals surface area contributed by atoms with Gasteiger partial charge in [-0.25, -0.2) is 4.79 Å². The van der Waals surface area contributed by atoms with Gasteiger partial charge in [0, 0.05) is 5.75 Å². The Balaban J connectivity index is 2.01. The van der Waals surface area contributed by atoms with Crippen LogP contribution in [0.1, 0.15) is 19.8 Å². The lowest BCUT2D eigenvalue weighted by Gasteiger charge is -2.27. The van der Waals surface area contributed by atoms with Crippen molar-refractivity contribution in [1.82, 2.24) is 4.90 Å². The molecular formula is C15H19NO4S. The van der Waals surface area contributed by atoms with Crippen LogP contribution >= 0.6 is 11.8 Å². The Bertz CT molecular complexity index is 494. The Kier molecular flexibility index (Phi) is 5.50. The lowest BCUT2D eigenvalue weighted by Crippen LogP contribution is -2.47. The summed E-state index contributed by atoms with van der Waals surface area (Å²) < 4.78 is 5.44. The molecule has 2 rings (SSSR count). The molecule has 5 nitrogen and oxygen atoms in total. The Morgan fingerprint density at radius 3 is 2.71 bits per heavy atom. The fourth-order valence-electron chi connectivity index (χ4n) is 2.29. The van der Waals surface area contributed by atoms with Crippen LogP contribution in [0.3, 0.4) is 0 Å². The number of benzene rings is 1. The van der Waals surface area contributed by atoms with Crippen molar-refractivity contribution >= 4 is 23.6 Å². The standard InChI is InChI=1S/C15H19NO4S/c1-2-6-14-16(12(10-21-14)15(18)19)13(17)9-20-11-7-4-3-5-8-11/h3-5,7-8,12,14H,2,6,9-10H2,1H3,(H,18,19). The third-order valence-corrected chi connectivity index (χ3v) is 4.66. The molecule has 21 heavy (non-hydrogen) atoms. The molecule has 2 atom stereocenters. The number of hydrogen-bond acceptors (Lipinski definition) is 4. The fourth-order valence-corrected chi connectivity index (χ4v) is 3.83. The average molecular weight is 309 g/mol. The number of carboxylic acids is 1. The maximum Gasteiger partial charge on any atom is 0.327 e. The van der Waals surface area contributed by atoms with Crippen molar-refractivity contribution in [3.63, 3.8) is 0 Å². The van der Waals surface area contributed by atoms with Gasteiger partial charge < -0.3 is 14.7 Å². The first-order chi connectivity index (χ1) is 10.1. The number of ether oxygens (including phenoxy) is 1. The highest BCUT2D eigenvalue weighted by Gasteiger charge is 2.41. The van der Waals surface area contributed by atoms with Crippen molar-refractivity contribution in [3.05, 3.63) is 30.3 Å². The summed E-state index contributed by atoms with van der Waals surface area (Å²) in [5, 5.41) is 9.19. The monoisotopic (exact) mass is 309 g/mol. The lowest BCUT2D eigenvalue weighted by atomic mass is 10.2. The van der Waals surface area contributed by atoms with Gasteiger partial charge in [-0.15, -0.1) is 11.8 Å². The van der Waals surface area contributed by atoms with Crippen LogP contribution in [0.5, 0.6) is 5.75 Å². The van der Waals surface area contributed by atoms with Crippen molar-refractivity contribution in [2.45, 2.75) is 31.2 Å². The summed E-state index contributed by atoms with van der Waals surface area (Å²) in [7, 11) is 0. The van der Waals surface area contributed by atoms with Gasteiger partial charge in [-0.2, -0.15) is 0 Å². The van der Waals surface area contributed by atoms with Gasteiger partial charge in [0.25, 0.3) is 5.91 Å². The van der Waals surface area contributed by atoms with Gasteiger partial charge in [0.2, 0.25) is 0 Å². The number of carbonyl (C=O) groups is 2. The highest BCUT2D eigenvalue weighted by Crippen LogP contribution is 2.32. The minimum absolute atomic E-state index is 0.0667. The Labute approximate surface area is 128 Å². The molecule has 1 fully saturated rings. The van der Waals surface area contributed by atoms with Crippen LogP contribution in [0.4, 0.5) is 0 Å². The normalized spacial score (nSPS) is 21.3. The number of rotatable bonds is 6. The molecule has 1 N–H and O–H groups in total. The van der Waals surface area contributed by atoms with Crippen LogP contribution in [0.15, 0.2) is 30.3 Å². The van der Waals surface area contributed by atoms with E-state index in [2.05, 4.69) is 0 Å². The molecule has 2 unspecified atom stereocenters. The van der Waals surface area contributed by atoms with Crippen molar-refractivity contribution in [2.24, 2.45) is 0 Å². The van der Waals surface area contributed by atoms with Gasteiger partial charge in [-0.3, -0.25) is 4.79 Å². The van der Waals surface area contributed by atoms with E-state index < -0.39 is 12.0 Å². The summed E-state index contributed by atoms with van der Waals surface area (Å²) in [4.78, 5) is 25.1. The van der Waals surface area contributed by atoms with Crippen molar-refractivity contribution in [3.8, 4) is 5.75 Å². The van der Waals surface area contributed by atoms with E-state index in [1.54, 1.807) is 12.1 Å². The molecule has 0 bridgehead atoms. The first kappa shape index (κ1) is 15.7. The summed E-state index contributed by atoms with van der Waals surface area (Å²) >= 11 is 1.53. The number of nitrogens with zero attached hydrogens (tertiary/aromatic N) is 1. The molecule has 1 aliphatic rings. The first-order valence-corrected chi connectivity index (χ1v) is 8.01. The molecule has 0 spiro atoms. The molecular weight excluding hydrogens is 290 g/mol. The molecule has 114 valence electrons. The summed E-state index contributed by atoms with van der Waals surface area (Å²) in [5.41, 5.74) is 0. The van der Waals surface area contributed by atoms with Gasteiger partial charge in [0.05, 0.1) is 5.37 Å². The largest absolute Gasteiger partial charge is 0.484 e. The van der Waals surface area contributed by atoms with Crippen LogP contribution in [0.2, 0.25) is 0 Å². The highest BCUT2D eigenvalue weighted by atomic mass is 32.2. The van der Waals surface area contributed by atoms with Gasteiger partial charge in [-0.1, -0.05) is 31.5 Å². The average Bonchev–Trinajstić information content (AvgIpc) is 2.90. The predicted octanol–water partition coefficient (Wildman–Crippen LogP) is 2.22. The van der Waals surface area contributed by atoms with Gasteiger partial charge in [0.1, 0.15) is 11.8 Å². The maximum atomic E-state index is 12.3. The zero-order chi connectivity index (χ0) is 15.2. The number of amides is 1. The van der Waals surface area contributed by atoms with E-state index in [0.29, 0.717) is 11.5 Å². The summed E-state index contributed by atoms with van der Waals surface area (Å²) in [6.45, 7) is 1.90. The van der Waals surface area contributed by atoms with E-state index in [-0.39, 0.29) is 17.9 Å². The topological polar surface area (TPSA) is 66.8 Å². The SMILES string of the molecule is CCCC1SCC(C(=O)O)N1C(=O)COc1ccccc1. The van der Waals surface area contributed by atoms with E-state index in [9.17, 15) is 14.7 Å². The number of carboxylic acid groups (broad SMARTS) is 1. The maximum absolute atomic E-state index is 12.3. The number of hydrogen-bond donors (Lipinski definition) is 1. The molecule has 6 heteroatoms. The Morgan fingerprint density at radius 2 is 2.10 bits per heavy atom. The van der Waals surface area contributed by atoms with Crippen LogP contribution in [0.25, 0.3) is 0 Å². The van der Waals surface area contributed by atoms with Crippen molar-refractivity contribution < 1.29 is 19.4 Å². The van der Waals surface area contributed by atoms with Crippen LogP contribution < -0.4 is 4.74 Å². The van der Waals surface area contributed by atoms with Gasteiger partial charge >= 0.3 is 5.97 Å². The number of thioether (sulfide) groups is 1. The van der Waals surface area contributed by atoms with E-state index >= 15 is 0 Å². The summed E-state index contributed by atoms with van der Waals surface area (Å²) in [6.07, 6.45) is 1.71.